The van der Waals surface area contributed by atoms with Gasteiger partial charge in [0.05, 0.1) is 6.26 Å². The van der Waals surface area contributed by atoms with Gasteiger partial charge in [0.15, 0.2) is 16.9 Å². The average molecular weight is 375 g/mol. The maximum absolute atomic E-state index is 12.9. The van der Waals surface area contributed by atoms with Crippen LogP contribution in [-0.2, 0) is 4.79 Å². The highest BCUT2D eigenvalue weighted by Crippen LogP contribution is 2.23. The lowest BCUT2D eigenvalue weighted by Crippen LogP contribution is -2.47. The maximum Gasteiger partial charge on any atom is 0.289 e. The summed E-state index contributed by atoms with van der Waals surface area (Å²) in [6.07, 6.45) is 0.619. The molecule has 0 aliphatic carbocycles. The van der Waals surface area contributed by atoms with Gasteiger partial charge in [0.2, 0.25) is 0 Å². The third-order valence-corrected chi connectivity index (χ3v) is 4.12. The van der Waals surface area contributed by atoms with Gasteiger partial charge in [0.25, 0.3) is 11.8 Å². The number of hydrogen-bond acceptors (Lipinski definition) is 6. The average Bonchev–Trinajstić information content (AvgIpc) is 3.32. The molecule has 0 spiro atoms. The zero-order valence-corrected chi connectivity index (χ0v) is 14.4. The molecule has 1 unspecified atom stereocenters. The largest absolute Gasteiger partial charge is 0.481 e. The molecule has 0 bridgehead atoms. The SMILES string of the molecule is CC(Oc1ccc(F)cc1)C(=O)NNC(=O)c1csc(-c2ccco2)n1. The highest BCUT2D eigenvalue weighted by molar-refractivity contribution is 7.13. The third-order valence-electron chi connectivity index (χ3n) is 3.26. The number of nitrogens with zero attached hydrogens (tertiary/aromatic N) is 1. The molecule has 0 saturated heterocycles. The summed E-state index contributed by atoms with van der Waals surface area (Å²) in [5, 5.41) is 2.11. The third kappa shape index (κ3) is 4.25. The maximum atomic E-state index is 12.9. The molecule has 0 aliphatic rings. The van der Waals surface area contributed by atoms with Crippen LogP contribution < -0.4 is 15.6 Å². The Bertz CT molecular complexity index is 893. The van der Waals surface area contributed by atoms with Gasteiger partial charge < -0.3 is 9.15 Å². The van der Waals surface area contributed by atoms with E-state index in [1.54, 1.807) is 17.5 Å². The number of aromatic nitrogens is 1. The minimum atomic E-state index is -0.894. The summed E-state index contributed by atoms with van der Waals surface area (Å²) in [6, 6.07) is 8.71. The summed E-state index contributed by atoms with van der Waals surface area (Å²) in [5.74, 6) is -0.646. The molecule has 134 valence electrons. The van der Waals surface area contributed by atoms with E-state index in [-0.39, 0.29) is 5.69 Å². The van der Waals surface area contributed by atoms with Crippen molar-refractivity contribution in [3.05, 3.63) is 59.6 Å². The molecule has 2 aromatic heterocycles. The first-order valence-corrected chi connectivity index (χ1v) is 8.42. The number of furan rings is 1. The van der Waals surface area contributed by atoms with E-state index in [0.717, 1.165) is 0 Å². The second-order valence-corrected chi connectivity index (χ2v) is 6.03. The van der Waals surface area contributed by atoms with Gasteiger partial charge in [-0.25, -0.2) is 9.37 Å². The summed E-state index contributed by atoms with van der Waals surface area (Å²) >= 11 is 1.25. The standard InChI is InChI=1S/C17H14FN3O4S/c1-10(25-12-6-4-11(18)5-7-12)15(22)20-21-16(23)13-9-26-17(19-13)14-3-2-8-24-14/h2-10H,1H3,(H,20,22)(H,21,23). The van der Waals surface area contributed by atoms with Crippen molar-refractivity contribution < 1.29 is 23.1 Å². The van der Waals surface area contributed by atoms with E-state index >= 15 is 0 Å². The lowest BCUT2D eigenvalue weighted by atomic mass is 10.3. The van der Waals surface area contributed by atoms with Crippen LogP contribution in [0.5, 0.6) is 5.75 Å². The first-order chi connectivity index (χ1) is 12.5. The number of rotatable bonds is 5. The van der Waals surface area contributed by atoms with Gasteiger partial charge in [-0.2, -0.15) is 0 Å². The number of carbonyl (C=O) groups excluding carboxylic acids is 2. The van der Waals surface area contributed by atoms with E-state index in [0.29, 0.717) is 16.5 Å². The number of ether oxygens (including phenoxy) is 1. The van der Waals surface area contributed by atoms with Crippen molar-refractivity contribution in [2.45, 2.75) is 13.0 Å². The summed E-state index contributed by atoms with van der Waals surface area (Å²) in [6.45, 7) is 1.50. The number of hydrazine groups is 1. The van der Waals surface area contributed by atoms with Crippen molar-refractivity contribution in [1.29, 1.82) is 0 Å². The van der Waals surface area contributed by atoms with E-state index in [4.69, 9.17) is 9.15 Å². The molecule has 1 atom stereocenters. The second kappa shape index (κ2) is 7.79. The topological polar surface area (TPSA) is 93.5 Å². The van der Waals surface area contributed by atoms with E-state index in [1.807, 2.05) is 0 Å². The first kappa shape index (κ1) is 17.6. The first-order valence-electron chi connectivity index (χ1n) is 7.55. The molecule has 2 N–H and O–H groups in total. The number of carbonyl (C=O) groups is 2. The zero-order valence-electron chi connectivity index (χ0n) is 13.6. The Kier molecular flexibility index (Phi) is 5.28. The quantitative estimate of drug-likeness (QED) is 0.669. The lowest BCUT2D eigenvalue weighted by molar-refractivity contribution is -0.128. The van der Waals surface area contributed by atoms with Crippen LogP contribution in [0.1, 0.15) is 17.4 Å². The Hall–Kier alpha value is -3.20. The molecule has 3 aromatic rings. The van der Waals surface area contributed by atoms with Crippen molar-refractivity contribution in [2.24, 2.45) is 0 Å². The van der Waals surface area contributed by atoms with Crippen molar-refractivity contribution in [2.75, 3.05) is 0 Å². The lowest BCUT2D eigenvalue weighted by Gasteiger charge is -2.14. The fourth-order valence-corrected chi connectivity index (χ4v) is 2.71. The van der Waals surface area contributed by atoms with Crippen LogP contribution in [0.2, 0.25) is 0 Å². The predicted octanol–water partition coefficient (Wildman–Crippen LogP) is 2.77. The Morgan fingerprint density at radius 2 is 2.00 bits per heavy atom. The van der Waals surface area contributed by atoms with Gasteiger partial charge in [0, 0.05) is 5.38 Å². The molecule has 0 saturated carbocycles. The van der Waals surface area contributed by atoms with Crippen molar-refractivity contribution in [1.82, 2.24) is 15.8 Å². The van der Waals surface area contributed by atoms with Gasteiger partial charge >= 0.3 is 0 Å². The Morgan fingerprint density at radius 1 is 1.23 bits per heavy atom. The number of hydrogen-bond donors (Lipinski definition) is 2. The summed E-state index contributed by atoms with van der Waals surface area (Å²) in [7, 11) is 0. The molecule has 26 heavy (non-hydrogen) atoms. The molecule has 9 heteroatoms. The van der Waals surface area contributed by atoms with Crippen molar-refractivity contribution >= 4 is 23.2 Å². The van der Waals surface area contributed by atoms with Crippen LogP contribution in [0.25, 0.3) is 10.8 Å². The molecule has 0 fully saturated rings. The van der Waals surface area contributed by atoms with Crippen LogP contribution in [0.3, 0.4) is 0 Å². The van der Waals surface area contributed by atoms with Gasteiger partial charge in [-0.1, -0.05) is 0 Å². The van der Waals surface area contributed by atoms with E-state index in [2.05, 4.69) is 15.8 Å². The smallest absolute Gasteiger partial charge is 0.289 e. The van der Waals surface area contributed by atoms with E-state index in [1.165, 1.54) is 48.8 Å². The van der Waals surface area contributed by atoms with Crippen LogP contribution in [0.4, 0.5) is 4.39 Å². The summed E-state index contributed by atoms with van der Waals surface area (Å²) in [5.41, 5.74) is 4.68. The molecular formula is C17H14FN3O4S. The monoisotopic (exact) mass is 375 g/mol. The Morgan fingerprint density at radius 3 is 2.69 bits per heavy atom. The predicted molar refractivity (Wildman–Crippen MR) is 91.9 cm³/mol. The van der Waals surface area contributed by atoms with Gasteiger partial charge in [-0.05, 0) is 43.3 Å². The van der Waals surface area contributed by atoms with Crippen molar-refractivity contribution in [3.63, 3.8) is 0 Å². The highest BCUT2D eigenvalue weighted by Gasteiger charge is 2.18. The molecule has 2 amide bonds. The highest BCUT2D eigenvalue weighted by atomic mass is 32.1. The number of thiazole rings is 1. The Balaban J connectivity index is 1.52. The minimum Gasteiger partial charge on any atom is -0.481 e. The second-order valence-electron chi connectivity index (χ2n) is 5.17. The molecule has 7 nitrogen and oxygen atoms in total. The van der Waals surface area contributed by atoms with Crippen LogP contribution in [0, 0.1) is 5.82 Å². The van der Waals surface area contributed by atoms with Gasteiger partial charge in [-0.15, -0.1) is 11.3 Å². The molecule has 1 aromatic carbocycles. The number of benzene rings is 1. The van der Waals surface area contributed by atoms with E-state index in [9.17, 15) is 14.0 Å². The summed E-state index contributed by atoms with van der Waals surface area (Å²) in [4.78, 5) is 28.2. The van der Waals surface area contributed by atoms with E-state index < -0.39 is 23.7 Å². The van der Waals surface area contributed by atoms with Crippen molar-refractivity contribution in [3.8, 4) is 16.5 Å². The molecule has 2 heterocycles. The molecule has 0 radical (unpaired) electrons. The number of nitrogens with one attached hydrogen (secondary N) is 2. The van der Waals surface area contributed by atoms with Gasteiger partial charge in [0.1, 0.15) is 17.3 Å². The number of halogens is 1. The van der Waals surface area contributed by atoms with Crippen LogP contribution in [0.15, 0.2) is 52.5 Å². The normalized spacial score (nSPS) is 11.6. The van der Waals surface area contributed by atoms with Crippen LogP contribution >= 0.6 is 11.3 Å². The number of amides is 2. The van der Waals surface area contributed by atoms with Crippen LogP contribution in [-0.4, -0.2) is 22.9 Å². The van der Waals surface area contributed by atoms with Gasteiger partial charge in [-0.3, -0.25) is 20.4 Å². The molecule has 3 rings (SSSR count). The molecule has 0 aliphatic heterocycles. The zero-order chi connectivity index (χ0) is 18.5. The fourth-order valence-electron chi connectivity index (χ4n) is 1.95. The summed E-state index contributed by atoms with van der Waals surface area (Å²) < 4.78 is 23.4. The minimum absolute atomic E-state index is 0.147. The molecular weight excluding hydrogens is 361 g/mol. The fraction of sp³-hybridized carbons (Fsp3) is 0.118. The Labute approximate surface area is 151 Å².